The standard InChI is InChI=1S/C19H21NO4/c1-24-13-19(18(22)23)10-5-11-20(12-19)17(21)16-9-4-7-14-6-2-3-8-15(14)16/h2-4,6-9H,5,10-13H2,1H3,(H,22,23). The molecule has 1 atom stereocenters. The minimum absolute atomic E-state index is 0.113. The molecule has 0 radical (unpaired) electrons. The topological polar surface area (TPSA) is 66.8 Å². The summed E-state index contributed by atoms with van der Waals surface area (Å²) in [4.78, 5) is 26.4. The largest absolute Gasteiger partial charge is 0.481 e. The fourth-order valence-electron chi connectivity index (χ4n) is 3.52. The maximum Gasteiger partial charge on any atom is 0.313 e. The zero-order chi connectivity index (χ0) is 17.2. The summed E-state index contributed by atoms with van der Waals surface area (Å²) in [6.07, 6.45) is 1.18. The number of aliphatic carboxylic acids is 1. The van der Waals surface area contributed by atoms with Gasteiger partial charge >= 0.3 is 5.97 Å². The molecule has 1 aliphatic heterocycles. The second-order valence-electron chi connectivity index (χ2n) is 6.38. The maximum absolute atomic E-state index is 13.0. The van der Waals surface area contributed by atoms with Crippen LogP contribution in [0.4, 0.5) is 0 Å². The summed E-state index contributed by atoms with van der Waals surface area (Å²) in [5, 5.41) is 11.5. The molecule has 0 saturated carbocycles. The number of ether oxygens (including phenoxy) is 1. The Balaban J connectivity index is 1.93. The summed E-state index contributed by atoms with van der Waals surface area (Å²) in [6, 6.07) is 13.4. The molecule has 5 heteroatoms. The number of benzene rings is 2. The third-order valence-electron chi connectivity index (χ3n) is 4.76. The average Bonchev–Trinajstić information content (AvgIpc) is 2.61. The number of carbonyl (C=O) groups is 2. The smallest absolute Gasteiger partial charge is 0.313 e. The van der Waals surface area contributed by atoms with Crippen LogP contribution in [0.25, 0.3) is 10.8 Å². The Kier molecular flexibility index (Phi) is 4.53. The first-order valence-electron chi connectivity index (χ1n) is 8.07. The van der Waals surface area contributed by atoms with E-state index in [1.165, 1.54) is 7.11 Å². The number of carbonyl (C=O) groups excluding carboxylic acids is 1. The lowest BCUT2D eigenvalue weighted by Gasteiger charge is -2.39. The van der Waals surface area contributed by atoms with Crippen LogP contribution >= 0.6 is 0 Å². The van der Waals surface area contributed by atoms with Crippen molar-refractivity contribution in [3.05, 3.63) is 48.0 Å². The van der Waals surface area contributed by atoms with Crippen molar-refractivity contribution in [1.29, 1.82) is 0 Å². The molecule has 2 aromatic rings. The quantitative estimate of drug-likeness (QED) is 0.938. The van der Waals surface area contributed by atoms with Crippen molar-refractivity contribution < 1.29 is 19.4 Å². The van der Waals surface area contributed by atoms with E-state index in [0.717, 1.165) is 10.8 Å². The van der Waals surface area contributed by atoms with Gasteiger partial charge in [0.1, 0.15) is 5.41 Å². The van der Waals surface area contributed by atoms with Crippen LogP contribution in [0.5, 0.6) is 0 Å². The molecule has 0 spiro atoms. The predicted molar refractivity (Wildman–Crippen MR) is 91.0 cm³/mol. The van der Waals surface area contributed by atoms with Crippen molar-refractivity contribution in [2.45, 2.75) is 12.8 Å². The molecular weight excluding hydrogens is 306 g/mol. The number of methoxy groups -OCH3 is 1. The van der Waals surface area contributed by atoms with Crippen LogP contribution in [0, 0.1) is 5.41 Å². The van der Waals surface area contributed by atoms with Crippen LogP contribution in [0.1, 0.15) is 23.2 Å². The third-order valence-corrected chi connectivity index (χ3v) is 4.76. The number of carboxylic acids is 1. The lowest BCUT2D eigenvalue weighted by molar-refractivity contribution is -0.155. The molecule has 5 nitrogen and oxygen atoms in total. The number of fused-ring (bicyclic) bond motifs is 1. The molecule has 1 unspecified atom stereocenters. The summed E-state index contributed by atoms with van der Waals surface area (Å²) < 4.78 is 5.13. The summed E-state index contributed by atoms with van der Waals surface area (Å²) in [5.41, 5.74) is -0.403. The van der Waals surface area contributed by atoms with Gasteiger partial charge in [0.05, 0.1) is 6.61 Å². The highest BCUT2D eigenvalue weighted by Crippen LogP contribution is 2.32. The van der Waals surface area contributed by atoms with Crippen LogP contribution < -0.4 is 0 Å². The van der Waals surface area contributed by atoms with Gasteiger partial charge in [-0.2, -0.15) is 0 Å². The Labute approximate surface area is 140 Å². The van der Waals surface area contributed by atoms with Crippen LogP contribution in [-0.2, 0) is 9.53 Å². The van der Waals surface area contributed by atoms with Gasteiger partial charge in [0.25, 0.3) is 5.91 Å². The first kappa shape index (κ1) is 16.5. The minimum Gasteiger partial charge on any atom is -0.481 e. The number of amides is 1. The van der Waals surface area contributed by atoms with Crippen molar-refractivity contribution in [2.75, 3.05) is 26.8 Å². The lowest BCUT2D eigenvalue weighted by atomic mass is 9.80. The van der Waals surface area contributed by atoms with E-state index in [0.29, 0.717) is 24.9 Å². The SMILES string of the molecule is COCC1(C(=O)O)CCCN(C(=O)c2cccc3ccccc23)C1. The third kappa shape index (κ3) is 2.87. The Morgan fingerprint density at radius 1 is 1.21 bits per heavy atom. The van der Waals surface area contributed by atoms with Crippen molar-refractivity contribution >= 4 is 22.6 Å². The molecule has 0 aliphatic carbocycles. The van der Waals surface area contributed by atoms with Crippen LogP contribution in [-0.4, -0.2) is 48.7 Å². The number of hydrogen-bond donors (Lipinski definition) is 1. The second kappa shape index (κ2) is 6.61. The highest BCUT2D eigenvalue weighted by molar-refractivity contribution is 6.07. The number of piperidine rings is 1. The van der Waals surface area contributed by atoms with Gasteiger partial charge in [0.2, 0.25) is 0 Å². The van der Waals surface area contributed by atoms with Gasteiger partial charge in [-0.1, -0.05) is 36.4 Å². The molecule has 126 valence electrons. The normalized spacial score (nSPS) is 21.0. The van der Waals surface area contributed by atoms with Crippen LogP contribution in [0.2, 0.25) is 0 Å². The Morgan fingerprint density at radius 2 is 1.96 bits per heavy atom. The van der Waals surface area contributed by atoms with Gasteiger partial charge in [0, 0.05) is 25.8 Å². The van der Waals surface area contributed by atoms with E-state index >= 15 is 0 Å². The van der Waals surface area contributed by atoms with Gasteiger partial charge in [-0.05, 0) is 29.7 Å². The fourth-order valence-corrected chi connectivity index (χ4v) is 3.52. The van der Waals surface area contributed by atoms with Crippen LogP contribution in [0.3, 0.4) is 0 Å². The van der Waals surface area contributed by atoms with Crippen molar-refractivity contribution in [1.82, 2.24) is 4.90 Å². The molecule has 1 N–H and O–H groups in total. The molecule has 1 saturated heterocycles. The summed E-state index contributed by atoms with van der Waals surface area (Å²) in [6.45, 7) is 0.862. The highest BCUT2D eigenvalue weighted by atomic mass is 16.5. The zero-order valence-corrected chi connectivity index (χ0v) is 13.7. The van der Waals surface area contributed by atoms with Crippen LogP contribution in [0.15, 0.2) is 42.5 Å². The fraction of sp³-hybridized carbons (Fsp3) is 0.368. The summed E-state index contributed by atoms with van der Waals surface area (Å²) >= 11 is 0. The van der Waals surface area contributed by atoms with Gasteiger partial charge in [0.15, 0.2) is 0 Å². The van der Waals surface area contributed by atoms with Gasteiger partial charge in [-0.25, -0.2) is 0 Å². The van der Waals surface area contributed by atoms with E-state index in [9.17, 15) is 14.7 Å². The molecule has 3 rings (SSSR count). The van der Waals surface area contributed by atoms with Gasteiger partial charge < -0.3 is 14.7 Å². The van der Waals surface area contributed by atoms with Crippen molar-refractivity contribution in [3.8, 4) is 0 Å². The predicted octanol–water partition coefficient (Wildman–Crippen LogP) is 2.79. The molecule has 24 heavy (non-hydrogen) atoms. The van der Waals surface area contributed by atoms with E-state index in [-0.39, 0.29) is 19.1 Å². The number of rotatable bonds is 4. The molecule has 0 bridgehead atoms. The number of nitrogens with zero attached hydrogens (tertiary/aromatic N) is 1. The molecule has 1 aliphatic rings. The molecule has 1 fully saturated rings. The maximum atomic E-state index is 13.0. The number of likely N-dealkylation sites (tertiary alicyclic amines) is 1. The monoisotopic (exact) mass is 327 g/mol. The van der Waals surface area contributed by atoms with E-state index in [2.05, 4.69) is 0 Å². The zero-order valence-electron chi connectivity index (χ0n) is 13.7. The minimum atomic E-state index is -1.02. The number of hydrogen-bond acceptors (Lipinski definition) is 3. The molecular formula is C19H21NO4. The Bertz CT molecular complexity index is 764. The Hall–Kier alpha value is -2.40. The highest BCUT2D eigenvalue weighted by Gasteiger charge is 2.44. The average molecular weight is 327 g/mol. The summed E-state index contributed by atoms with van der Waals surface area (Å²) in [5.74, 6) is -1.02. The van der Waals surface area contributed by atoms with E-state index in [4.69, 9.17) is 4.74 Å². The van der Waals surface area contributed by atoms with Gasteiger partial charge in [-0.15, -0.1) is 0 Å². The molecule has 0 aromatic heterocycles. The second-order valence-corrected chi connectivity index (χ2v) is 6.38. The van der Waals surface area contributed by atoms with E-state index in [1.54, 1.807) is 11.0 Å². The Morgan fingerprint density at radius 3 is 2.71 bits per heavy atom. The first-order chi connectivity index (χ1) is 11.6. The summed E-state index contributed by atoms with van der Waals surface area (Å²) in [7, 11) is 1.50. The van der Waals surface area contributed by atoms with E-state index in [1.807, 2.05) is 36.4 Å². The van der Waals surface area contributed by atoms with Crippen molar-refractivity contribution in [2.24, 2.45) is 5.41 Å². The van der Waals surface area contributed by atoms with Crippen molar-refractivity contribution in [3.63, 3.8) is 0 Å². The molecule has 2 aromatic carbocycles. The molecule has 1 heterocycles. The molecule has 1 amide bonds. The van der Waals surface area contributed by atoms with Gasteiger partial charge in [-0.3, -0.25) is 9.59 Å². The first-order valence-corrected chi connectivity index (χ1v) is 8.07. The van der Waals surface area contributed by atoms with E-state index < -0.39 is 11.4 Å². The number of carboxylic acid groups (broad SMARTS) is 1. The lowest BCUT2D eigenvalue weighted by Crippen LogP contribution is -2.52.